The maximum absolute atomic E-state index is 12.1. The highest BCUT2D eigenvalue weighted by Gasteiger charge is 2.34. The van der Waals surface area contributed by atoms with E-state index in [1.807, 2.05) is 13.1 Å². The standard InChI is InChI=1S/C13H19N3O3S/c1-9-6-16-7-11(2-3-12(16)14-9)15-13(17)10-4-5-20(18,19)8-10/h6,10-11H,2-5,7-8H2,1H3,(H,15,17)/t10-,11-/m1/s1. The summed E-state index contributed by atoms with van der Waals surface area (Å²) in [5.41, 5.74) is 0.994. The number of carbonyl (C=O) groups excluding carboxylic acids is 1. The lowest BCUT2D eigenvalue weighted by atomic mass is 10.0. The van der Waals surface area contributed by atoms with Gasteiger partial charge in [0.2, 0.25) is 5.91 Å². The number of amides is 1. The van der Waals surface area contributed by atoms with Crippen LogP contribution >= 0.6 is 0 Å². The summed E-state index contributed by atoms with van der Waals surface area (Å²) in [5, 5.41) is 3.00. The number of aromatic nitrogens is 2. The van der Waals surface area contributed by atoms with Gasteiger partial charge in [0.25, 0.3) is 0 Å². The first kappa shape index (κ1) is 13.6. The lowest BCUT2D eigenvalue weighted by Crippen LogP contribution is -2.43. The van der Waals surface area contributed by atoms with Crippen LogP contribution in [0.4, 0.5) is 0 Å². The fraction of sp³-hybridized carbons (Fsp3) is 0.692. The monoisotopic (exact) mass is 297 g/mol. The van der Waals surface area contributed by atoms with Crippen molar-refractivity contribution in [1.82, 2.24) is 14.9 Å². The molecule has 0 saturated carbocycles. The molecule has 0 unspecified atom stereocenters. The first-order chi connectivity index (χ1) is 9.43. The Balaban J connectivity index is 1.61. The number of hydrogen-bond acceptors (Lipinski definition) is 4. The third-order valence-corrected chi connectivity index (χ3v) is 5.83. The van der Waals surface area contributed by atoms with E-state index in [1.165, 1.54) is 0 Å². The van der Waals surface area contributed by atoms with Gasteiger partial charge in [-0.15, -0.1) is 0 Å². The highest BCUT2D eigenvalue weighted by molar-refractivity contribution is 7.91. The summed E-state index contributed by atoms with van der Waals surface area (Å²) in [5.74, 6) is 0.723. The lowest BCUT2D eigenvalue weighted by molar-refractivity contribution is -0.125. The van der Waals surface area contributed by atoms with Crippen molar-refractivity contribution in [3.8, 4) is 0 Å². The van der Waals surface area contributed by atoms with Gasteiger partial charge in [0.05, 0.1) is 23.1 Å². The van der Waals surface area contributed by atoms with E-state index in [1.54, 1.807) is 0 Å². The van der Waals surface area contributed by atoms with Crippen LogP contribution in [0.3, 0.4) is 0 Å². The molecule has 0 spiro atoms. The Labute approximate surface area is 118 Å². The first-order valence-corrected chi connectivity index (χ1v) is 8.78. The van der Waals surface area contributed by atoms with Crippen LogP contribution in [0.2, 0.25) is 0 Å². The highest BCUT2D eigenvalue weighted by Crippen LogP contribution is 2.20. The molecular weight excluding hydrogens is 278 g/mol. The normalized spacial score (nSPS) is 28.1. The van der Waals surface area contributed by atoms with Gasteiger partial charge in [0.15, 0.2) is 9.84 Å². The minimum absolute atomic E-state index is 0.000979. The molecule has 0 bridgehead atoms. The number of sulfone groups is 1. The van der Waals surface area contributed by atoms with E-state index in [-0.39, 0.29) is 29.4 Å². The van der Waals surface area contributed by atoms with E-state index >= 15 is 0 Å². The topological polar surface area (TPSA) is 81.1 Å². The Morgan fingerprint density at radius 2 is 2.25 bits per heavy atom. The SMILES string of the molecule is Cc1cn2c(n1)CC[C@@H](NC(=O)[C@@H]1CCS(=O)(=O)C1)C2. The number of nitrogens with one attached hydrogen (secondary N) is 1. The second-order valence-electron chi connectivity index (χ2n) is 5.80. The fourth-order valence-corrected chi connectivity index (χ4v) is 4.77. The molecule has 1 amide bonds. The van der Waals surface area contributed by atoms with E-state index < -0.39 is 9.84 Å². The average molecular weight is 297 g/mol. The van der Waals surface area contributed by atoms with Gasteiger partial charge in [0, 0.05) is 25.2 Å². The molecular formula is C13H19N3O3S. The molecule has 3 heterocycles. The number of nitrogens with zero attached hydrogens (tertiary/aromatic N) is 2. The quantitative estimate of drug-likeness (QED) is 0.837. The summed E-state index contributed by atoms with van der Waals surface area (Å²) in [6.07, 6.45) is 4.16. The summed E-state index contributed by atoms with van der Waals surface area (Å²) in [6, 6.07) is 0.0758. The summed E-state index contributed by atoms with van der Waals surface area (Å²) in [6.45, 7) is 2.68. The van der Waals surface area contributed by atoms with Crippen molar-refractivity contribution >= 4 is 15.7 Å². The van der Waals surface area contributed by atoms with Crippen LogP contribution in [-0.4, -0.2) is 41.4 Å². The van der Waals surface area contributed by atoms with Crippen LogP contribution in [0.15, 0.2) is 6.20 Å². The van der Waals surface area contributed by atoms with Crippen molar-refractivity contribution in [2.45, 2.75) is 38.8 Å². The molecule has 1 aromatic rings. The maximum Gasteiger partial charge on any atom is 0.224 e. The number of carbonyl (C=O) groups is 1. The van der Waals surface area contributed by atoms with Gasteiger partial charge < -0.3 is 9.88 Å². The van der Waals surface area contributed by atoms with Crippen molar-refractivity contribution < 1.29 is 13.2 Å². The van der Waals surface area contributed by atoms with Gasteiger partial charge in [-0.25, -0.2) is 13.4 Å². The summed E-state index contributed by atoms with van der Waals surface area (Å²) < 4.78 is 24.9. The number of rotatable bonds is 2. The van der Waals surface area contributed by atoms with Crippen molar-refractivity contribution in [2.24, 2.45) is 5.92 Å². The molecule has 1 fully saturated rings. The van der Waals surface area contributed by atoms with E-state index in [0.717, 1.165) is 30.9 Å². The van der Waals surface area contributed by atoms with Crippen LogP contribution in [0.5, 0.6) is 0 Å². The molecule has 110 valence electrons. The Kier molecular flexibility index (Phi) is 3.32. The van der Waals surface area contributed by atoms with Gasteiger partial charge >= 0.3 is 0 Å². The molecule has 0 aromatic carbocycles. The van der Waals surface area contributed by atoms with Crippen molar-refractivity contribution in [3.63, 3.8) is 0 Å². The van der Waals surface area contributed by atoms with Crippen molar-refractivity contribution in [1.29, 1.82) is 0 Å². The Bertz CT molecular complexity index is 635. The molecule has 2 atom stereocenters. The van der Waals surface area contributed by atoms with Gasteiger partial charge in [-0.3, -0.25) is 4.79 Å². The zero-order valence-corrected chi connectivity index (χ0v) is 12.3. The second-order valence-corrected chi connectivity index (χ2v) is 8.02. The molecule has 2 aliphatic heterocycles. The molecule has 1 saturated heterocycles. The summed E-state index contributed by atoms with van der Waals surface area (Å²) in [7, 11) is -3.00. The molecule has 6 nitrogen and oxygen atoms in total. The maximum atomic E-state index is 12.1. The zero-order chi connectivity index (χ0) is 14.3. The molecule has 7 heteroatoms. The minimum Gasteiger partial charge on any atom is -0.351 e. The predicted molar refractivity (Wildman–Crippen MR) is 74.0 cm³/mol. The van der Waals surface area contributed by atoms with Gasteiger partial charge in [0.1, 0.15) is 5.82 Å². The summed E-state index contributed by atoms with van der Waals surface area (Å²) in [4.78, 5) is 16.6. The fourth-order valence-electron chi connectivity index (χ4n) is 3.02. The van der Waals surface area contributed by atoms with Crippen molar-refractivity contribution in [2.75, 3.05) is 11.5 Å². The van der Waals surface area contributed by atoms with Crippen LogP contribution in [0, 0.1) is 12.8 Å². The molecule has 3 rings (SSSR count). The third kappa shape index (κ3) is 2.72. The summed E-state index contributed by atoms with van der Waals surface area (Å²) >= 11 is 0. The predicted octanol–water partition coefficient (Wildman–Crippen LogP) is 0.0572. The van der Waals surface area contributed by atoms with Crippen LogP contribution < -0.4 is 5.32 Å². The van der Waals surface area contributed by atoms with Crippen LogP contribution in [0.1, 0.15) is 24.4 Å². The zero-order valence-electron chi connectivity index (χ0n) is 11.5. The molecule has 20 heavy (non-hydrogen) atoms. The lowest BCUT2D eigenvalue weighted by Gasteiger charge is -2.25. The van der Waals surface area contributed by atoms with Crippen LogP contribution in [-0.2, 0) is 27.6 Å². The first-order valence-electron chi connectivity index (χ1n) is 6.96. The molecule has 1 aromatic heterocycles. The van der Waals surface area contributed by atoms with Gasteiger partial charge in [-0.1, -0.05) is 0 Å². The smallest absolute Gasteiger partial charge is 0.224 e. The van der Waals surface area contributed by atoms with E-state index in [0.29, 0.717) is 6.42 Å². The van der Waals surface area contributed by atoms with Gasteiger partial charge in [-0.2, -0.15) is 0 Å². The molecule has 2 aliphatic rings. The molecule has 0 radical (unpaired) electrons. The van der Waals surface area contributed by atoms with E-state index in [9.17, 15) is 13.2 Å². The third-order valence-electron chi connectivity index (χ3n) is 4.06. The number of aryl methyl sites for hydroxylation is 2. The average Bonchev–Trinajstić information content (AvgIpc) is 2.90. The number of fused-ring (bicyclic) bond motifs is 1. The second kappa shape index (κ2) is 4.87. The Hall–Kier alpha value is -1.37. The largest absolute Gasteiger partial charge is 0.351 e. The van der Waals surface area contributed by atoms with Crippen LogP contribution in [0.25, 0.3) is 0 Å². The van der Waals surface area contributed by atoms with Crippen molar-refractivity contribution in [3.05, 3.63) is 17.7 Å². The Morgan fingerprint density at radius 1 is 1.45 bits per heavy atom. The number of imidazole rings is 1. The molecule has 1 N–H and O–H groups in total. The van der Waals surface area contributed by atoms with Gasteiger partial charge in [-0.05, 0) is 19.8 Å². The minimum atomic E-state index is -3.00. The Morgan fingerprint density at radius 3 is 2.95 bits per heavy atom. The number of hydrogen-bond donors (Lipinski definition) is 1. The van der Waals surface area contributed by atoms with E-state index in [4.69, 9.17) is 0 Å². The van der Waals surface area contributed by atoms with E-state index in [2.05, 4.69) is 14.9 Å². The highest BCUT2D eigenvalue weighted by atomic mass is 32.2. The molecule has 0 aliphatic carbocycles.